The maximum atomic E-state index is 13.5. The first-order chi connectivity index (χ1) is 9.82. The molecular formula is C13H6BrF5OS. The van der Waals surface area contributed by atoms with Gasteiger partial charge in [-0.25, -0.2) is 22.0 Å². The Labute approximate surface area is 127 Å². The first-order valence-electron chi connectivity index (χ1n) is 5.47. The minimum absolute atomic E-state index is 0.210. The summed E-state index contributed by atoms with van der Waals surface area (Å²) in [5, 5.41) is 0. The van der Waals surface area contributed by atoms with Gasteiger partial charge < -0.3 is 0 Å². The Morgan fingerprint density at radius 3 is 1.71 bits per heavy atom. The molecule has 0 aromatic heterocycles. The van der Waals surface area contributed by atoms with Crippen molar-refractivity contribution in [2.24, 2.45) is 0 Å². The van der Waals surface area contributed by atoms with E-state index in [1.54, 1.807) is 12.1 Å². The van der Waals surface area contributed by atoms with Crippen molar-refractivity contribution >= 4 is 26.7 Å². The van der Waals surface area contributed by atoms with E-state index >= 15 is 0 Å². The zero-order chi connectivity index (χ0) is 15.7. The van der Waals surface area contributed by atoms with Gasteiger partial charge in [-0.15, -0.1) is 0 Å². The molecule has 21 heavy (non-hydrogen) atoms. The second kappa shape index (κ2) is 6.23. The predicted octanol–water partition coefficient (Wildman–Crippen LogP) is 4.45. The molecule has 0 unspecified atom stereocenters. The van der Waals surface area contributed by atoms with Gasteiger partial charge in [0.25, 0.3) is 0 Å². The largest absolute Gasteiger partial charge is 0.254 e. The molecule has 2 rings (SSSR count). The van der Waals surface area contributed by atoms with Gasteiger partial charge in [0, 0.05) is 14.9 Å². The summed E-state index contributed by atoms with van der Waals surface area (Å²) in [6.45, 7) is 0. The summed E-state index contributed by atoms with van der Waals surface area (Å²) in [7, 11) is -1.94. The van der Waals surface area contributed by atoms with Crippen molar-refractivity contribution in [1.29, 1.82) is 0 Å². The smallest absolute Gasteiger partial charge is 0.200 e. The molecule has 0 saturated carbocycles. The molecule has 0 radical (unpaired) electrons. The van der Waals surface area contributed by atoms with E-state index in [1.807, 2.05) is 0 Å². The lowest BCUT2D eigenvalue weighted by Crippen LogP contribution is -2.09. The monoisotopic (exact) mass is 384 g/mol. The molecule has 0 aliphatic rings. The highest BCUT2D eigenvalue weighted by Gasteiger charge is 2.26. The fourth-order valence-electron chi connectivity index (χ4n) is 1.58. The summed E-state index contributed by atoms with van der Waals surface area (Å²) in [4.78, 5) is 0.210. The Morgan fingerprint density at radius 1 is 0.810 bits per heavy atom. The van der Waals surface area contributed by atoms with Crippen LogP contribution in [0.2, 0.25) is 0 Å². The second-order valence-electron chi connectivity index (χ2n) is 3.99. The molecule has 0 fully saturated rings. The van der Waals surface area contributed by atoms with Gasteiger partial charge >= 0.3 is 0 Å². The number of benzene rings is 2. The highest BCUT2D eigenvalue weighted by molar-refractivity contribution is 9.10. The number of hydrogen-bond donors (Lipinski definition) is 0. The molecule has 8 heteroatoms. The van der Waals surface area contributed by atoms with Crippen LogP contribution in [0.5, 0.6) is 0 Å². The van der Waals surface area contributed by atoms with Crippen molar-refractivity contribution in [3.05, 3.63) is 63.4 Å². The van der Waals surface area contributed by atoms with Crippen molar-refractivity contribution < 1.29 is 26.2 Å². The SMILES string of the molecule is O=[S@](Cc1c(F)c(F)c(F)c(F)c1F)c1ccc(Br)cc1. The van der Waals surface area contributed by atoms with Crippen LogP contribution in [0, 0.1) is 29.1 Å². The molecule has 0 saturated heterocycles. The summed E-state index contributed by atoms with van der Waals surface area (Å²) >= 11 is 3.15. The van der Waals surface area contributed by atoms with Crippen LogP contribution in [0.3, 0.4) is 0 Å². The second-order valence-corrected chi connectivity index (χ2v) is 6.36. The third-order valence-electron chi connectivity index (χ3n) is 2.65. The molecule has 0 bridgehead atoms. The predicted molar refractivity (Wildman–Crippen MR) is 70.5 cm³/mol. The van der Waals surface area contributed by atoms with E-state index in [4.69, 9.17) is 0 Å². The fourth-order valence-corrected chi connectivity index (χ4v) is 2.96. The zero-order valence-electron chi connectivity index (χ0n) is 10.1. The maximum Gasteiger partial charge on any atom is 0.200 e. The van der Waals surface area contributed by atoms with Gasteiger partial charge in [0.15, 0.2) is 23.3 Å². The molecule has 2 aromatic rings. The van der Waals surface area contributed by atoms with Crippen molar-refractivity contribution in [3.63, 3.8) is 0 Å². The normalized spacial score (nSPS) is 12.5. The minimum atomic E-state index is -2.23. The fraction of sp³-hybridized carbons (Fsp3) is 0.0769. The summed E-state index contributed by atoms with van der Waals surface area (Å²) in [5.74, 6) is -11.1. The summed E-state index contributed by atoms with van der Waals surface area (Å²) < 4.78 is 78.6. The van der Waals surface area contributed by atoms with Crippen LogP contribution in [0.25, 0.3) is 0 Å². The van der Waals surface area contributed by atoms with Gasteiger partial charge in [0.05, 0.1) is 16.6 Å². The average molecular weight is 385 g/mol. The highest BCUT2D eigenvalue weighted by Crippen LogP contribution is 2.25. The molecule has 0 heterocycles. The van der Waals surface area contributed by atoms with Crippen molar-refractivity contribution in [3.8, 4) is 0 Å². The number of hydrogen-bond acceptors (Lipinski definition) is 1. The van der Waals surface area contributed by atoms with Crippen LogP contribution in [-0.4, -0.2) is 4.21 Å². The van der Waals surface area contributed by atoms with Crippen molar-refractivity contribution in [2.45, 2.75) is 10.6 Å². The van der Waals surface area contributed by atoms with E-state index in [1.165, 1.54) is 12.1 Å². The Balaban J connectivity index is 2.40. The van der Waals surface area contributed by atoms with E-state index in [0.29, 0.717) is 4.47 Å². The quantitative estimate of drug-likeness (QED) is 0.434. The molecule has 0 aliphatic heterocycles. The van der Waals surface area contributed by atoms with Crippen molar-refractivity contribution in [1.82, 2.24) is 0 Å². The first kappa shape index (κ1) is 16.1. The van der Waals surface area contributed by atoms with Crippen molar-refractivity contribution in [2.75, 3.05) is 0 Å². The topological polar surface area (TPSA) is 17.1 Å². The third-order valence-corrected chi connectivity index (χ3v) is 4.53. The maximum absolute atomic E-state index is 13.5. The highest BCUT2D eigenvalue weighted by atomic mass is 79.9. The van der Waals surface area contributed by atoms with Gasteiger partial charge in [-0.1, -0.05) is 15.9 Å². The Morgan fingerprint density at radius 2 is 1.24 bits per heavy atom. The summed E-state index contributed by atoms with van der Waals surface area (Å²) in [5.41, 5.74) is -1.09. The average Bonchev–Trinajstić information content (AvgIpc) is 2.48. The molecule has 0 N–H and O–H groups in total. The third kappa shape index (κ3) is 3.16. The van der Waals surface area contributed by atoms with Crippen LogP contribution in [0.1, 0.15) is 5.56 Å². The van der Waals surface area contributed by atoms with Crippen LogP contribution in [0.15, 0.2) is 33.6 Å². The zero-order valence-corrected chi connectivity index (χ0v) is 12.5. The van der Waals surface area contributed by atoms with E-state index in [0.717, 1.165) is 0 Å². The van der Waals surface area contributed by atoms with Crippen LogP contribution >= 0.6 is 15.9 Å². The Bertz CT molecular complexity index is 688. The summed E-state index contributed by atoms with van der Waals surface area (Å²) in [6.07, 6.45) is 0. The van der Waals surface area contributed by atoms with Gasteiger partial charge in [-0.05, 0) is 24.3 Å². The molecule has 2 aromatic carbocycles. The molecular weight excluding hydrogens is 379 g/mol. The molecule has 0 aliphatic carbocycles. The van der Waals surface area contributed by atoms with E-state index < -0.39 is 51.2 Å². The molecule has 112 valence electrons. The molecule has 1 nitrogen and oxygen atoms in total. The van der Waals surface area contributed by atoms with E-state index in [9.17, 15) is 26.2 Å². The molecule has 1 atom stereocenters. The van der Waals surface area contributed by atoms with E-state index in [-0.39, 0.29) is 4.90 Å². The Kier molecular flexibility index (Phi) is 4.77. The minimum Gasteiger partial charge on any atom is -0.254 e. The van der Waals surface area contributed by atoms with Crippen LogP contribution in [0.4, 0.5) is 22.0 Å². The van der Waals surface area contributed by atoms with Crippen LogP contribution in [-0.2, 0) is 16.6 Å². The lowest BCUT2D eigenvalue weighted by atomic mass is 10.2. The standard InChI is InChI=1S/C13H6BrF5OS/c14-6-1-3-7(4-2-6)21(20)5-8-9(15)11(17)13(19)12(18)10(8)16/h1-4H,5H2/t21-/m1/s1. The van der Waals surface area contributed by atoms with Gasteiger partial charge in [0.1, 0.15) is 0 Å². The Hall–Kier alpha value is -1.28. The molecule has 0 amide bonds. The van der Waals surface area contributed by atoms with Gasteiger partial charge in [-0.2, -0.15) is 0 Å². The lowest BCUT2D eigenvalue weighted by molar-refractivity contribution is 0.372. The van der Waals surface area contributed by atoms with Gasteiger partial charge in [0.2, 0.25) is 5.82 Å². The van der Waals surface area contributed by atoms with Gasteiger partial charge in [-0.3, -0.25) is 4.21 Å². The first-order valence-corrected chi connectivity index (χ1v) is 7.58. The number of halogens is 6. The molecule has 0 spiro atoms. The number of rotatable bonds is 3. The van der Waals surface area contributed by atoms with Crippen LogP contribution < -0.4 is 0 Å². The lowest BCUT2D eigenvalue weighted by Gasteiger charge is -2.08. The summed E-state index contributed by atoms with van der Waals surface area (Å²) in [6, 6.07) is 5.94. The van der Waals surface area contributed by atoms with E-state index in [2.05, 4.69) is 15.9 Å².